The third-order valence-electron chi connectivity index (χ3n) is 0. The van der Waals surface area contributed by atoms with Crippen molar-refractivity contribution in [3.8, 4) is 0 Å². The smallest absolute Gasteiger partial charge is 0.300 e. The number of aliphatic carboxylic acids is 1. The molecule has 0 saturated heterocycles. The van der Waals surface area contributed by atoms with Gasteiger partial charge in [0.1, 0.15) is 0 Å². The predicted octanol–water partition coefficient (Wildman–Crippen LogP) is -0.119. The Morgan fingerprint density at radius 1 is 1.80 bits per heavy atom. The fourth-order valence-electron chi connectivity index (χ4n) is 0. The molecule has 0 aliphatic rings. The minimum absolute atomic E-state index is 0. The summed E-state index contributed by atoms with van der Waals surface area (Å²) in [5, 5.41) is 7.42. The van der Waals surface area contributed by atoms with E-state index in [-0.39, 0.29) is 9.90 Å². The molecule has 0 aliphatic carbocycles. The van der Waals surface area contributed by atoms with Crippen LogP contribution in [0.15, 0.2) is 0 Å². The van der Waals surface area contributed by atoms with Crippen LogP contribution in [0.5, 0.6) is 0 Å². The number of hydrogen-bond donors (Lipinski definition) is 1. The summed E-state index contributed by atoms with van der Waals surface area (Å²) >= 11 is 0. The van der Waals surface area contributed by atoms with Crippen LogP contribution in [0.3, 0.4) is 0 Å². The summed E-state index contributed by atoms with van der Waals surface area (Å²) in [6.45, 7) is 1.08. The van der Waals surface area contributed by atoms with Gasteiger partial charge in [0, 0.05) is 6.92 Å². The van der Waals surface area contributed by atoms with Gasteiger partial charge in [-0.1, -0.05) is 0 Å². The standard InChI is InChI=1S/C2H4O2.H3P/c1-2(3)4;/h1H3,(H,3,4);1H3/p+1. The molecule has 0 rings (SSSR count). The van der Waals surface area contributed by atoms with Crippen LogP contribution in [0.2, 0.25) is 0 Å². The van der Waals surface area contributed by atoms with Crippen molar-refractivity contribution in [1.82, 2.24) is 0 Å². The average molecular weight is 95.1 g/mol. The van der Waals surface area contributed by atoms with Gasteiger partial charge in [0.15, 0.2) is 0 Å². The van der Waals surface area contributed by atoms with Crippen LogP contribution in [0.25, 0.3) is 0 Å². The van der Waals surface area contributed by atoms with Crippen LogP contribution in [0.4, 0.5) is 0 Å². The Morgan fingerprint density at radius 3 is 1.80 bits per heavy atom. The molecule has 0 spiro atoms. The zero-order chi connectivity index (χ0) is 3.58. The molecule has 0 aromatic heterocycles. The largest absolute Gasteiger partial charge is 0.481 e. The fourth-order valence-corrected chi connectivity index (χ4v) is 0. The molecule has 0 aromatic rings. The van der Waals surface area contributed by atoms with Crippen LogP contribution < -0.4 is 0 Å². The monoisotopic (exact) mass is 95.0 g/mol. The average Bonchev–Trinajstić information content (AvgIpc) is 0.811. The number of carbonyl (C=O) groups is 1. The van der Waals surface area contributed by atoms with Gasteiger partial charge in [0.2, 0.25) is 0 Å². The van der Waals surface area contributed by atoms with Crippen molar-refractivity contribution in [3.63, 3.8) is 0 Å². The lowest BCUT2D eigenvalue weighted by atomic mass is 10.9. The second-order valence-electron chi connectivity index (χ2n) is 0.519. The maximum Gasteiger partial charge on any atom is 0.300 e. The van der Waals surface area contributed by atoms with Crippen LogP contribution >= 0.6 is 9.90 Å². The van der Waals surface area contributed by atoms with E-state index in [2.05, 4.69) is 0 Å². The zero-order valence-corrected chi connectivity index (χ0v) is 5.36. The normalized spacial score (nSPS) is 5.00. The van der Waals surface area contributed by atoms with Crippen LogP contribution in [0, 0.1) is 0 Å². The molecule has 5 heavy (non-hydrogen) atoms. The third kappa shape index (κ3) is 1410. The summed E-state index contributed by atoms with van der Waals surface area (Å²) in [6, 6.07) is 0. The molecule has 0 heterocycles. The lowest BCUT2D eigenvalue weighted by molar-refractivity contribution is -0.134. The van der Waals surface area contributed by atoms with Gasteiger partial charge in [0.05, 0.1) is 0 Å². The SMILES string of the molecule is CC(=O)O.[PH4+]. The summed E-state index contributed by atoms with van der Waals surface area (Å²) < 4.78 is 0. The molecule has 0 amide bonds. The van der Waals surface area contributed by atoms with E-state index in [1.54, 1.807) is 0 Å². The Hall–Kier alpha value is -0.100. The van der Waals surface area contributed by atoms with Crippen molar-refractivity contribution in [2.75, 3.05) is 0 Å². The van der Waals surface area contributed by atoms with E-state index in [0.717, 1.165) is 6.92 Å². The molecular weight excluding hydrogens is 87.0 g/mol. The predicted molar refractivity (Wildman–Crippen MR) is 25.8 cm³/mol. The molecule has 32 valence electrons. The lowest BCUT2D eigenvalue weighted by Crippen LogP contribution is -1.78. The van der Waals surface area contributed by atoms with Gasteiger partial charge < -0.3 is 5.11 Å². The van der Waals surface area contributed by atoms with Gasteiger partial charge in [0.25, 0.3) is 5.97 Å². The van der Waals surface area contributed by atoms with Gasteiger partial charge in [-0.3, -0.25) is 4.79 Å². The lowest BCUT2D eigenvalue weighted by Gasteiger charge is -1.59. The van der Waals surface area contributed by atoms with Crippen molar-refractivity contribution < 1.29 is 9.90 Å². The van der Waals surface area contributed by atoms with Crippen LogP contribution in [-0.2, 0) is 4.79 Å². The van der Waals surface area contributed by atoms with Crippen molar-refractivity contribution in [3.05, 3.63) is 0 Å². The summed E-state index contributed by atoms with van der Waals surface area (Å²) in [5.41, 5.74) is 0. The minimum Gasteiger partial charge on any atom is -0.481 e. The van der Waals surface area contributed by atoms with E-state index in [4.69, 9.17) is 9.90 Å². The molecule has 2 nitrogen and oxygen atoms in total. The molecule has 1 atom stereocenters. The first kappa shape index (κ1) is 8.86. The number of hydrogen-bond acceptors (Lipinski definition) is 1. The molecular formula is C2H8O2P+. The molecule has 1 N–H and O–H groups in total. The maximum atomic E-state index is 9.00. The highest BCUT2D eigenvalue weighted by atomic mass is 31.0. The first-order valence-corrected chi connectivity index (χ1v) is 0.928. The first-order chi connectivity index (χ1) is 1.73. The van der Waals surface area contributed by atoms with E-state index in [1.165, 1.54) is 0 Å². The van der Waals surface area contributed by atoms with Gasteiger partial charge in [-0.15, -0.1) is 0 Å². The Labute approximate surface area is 33.8 Å². The number of carboxylic acid groups (broad SMARTS) is 1. The van der Waals surface area contributed by atoms with E-state index in [1.807, 2.05) is 0 Å². The first-order valence-electron chi connectivity index (χ1n) is 0.928. The van der Waals surface area contributed by atoms with Crippen LogP contribution in [0.1, 0.15) is 6.92 Å². The molecule has 0 radical (unpaired) electrons. The maximum absolute atomic E-state index is 9.00. The molecule has 0 saturated carbocycles. The fraction of sp³-hybridized carbons (Fsp3) is 0.500. The Balaban J connectivity index is 0. The summed E-state index contributed by atoms with van der Waals surface area (Å²) in [7, 11) is 0. The van der Waals surface area contributed by atoms with Gasteiger partial charge >= 0.3 is 0 Å². The van der Waals surface area contributed by atoms with Crippen molar-refractivity contribution in [2.24, 2.45) is 0 Å². The second-order valence-corrected chi connectivity index (χ2v) is 0.519. The summed E-state index contributed by atoms with van der Waals surface area (Å²) in [4.78, 5) is 9.00. The zero-order valence-electron chi connectivity index (χ0n) is 3.36. The Bertz CT molecular complexity index is 30.6. The topological polar surface area (TPSA) is 37.3 Å². The van der Waals surface area contributed by atoms with E-state index in [9.17, 15) is 0 Å². The third-order valence-corrected chi connectivity index (χ3v) is 0. The van der Waals surface area contributed by atoms with E-state index >= 15 is 0 Å². The molecule has 0 aromatic carbocycles. The summed E-state index contributed by atoms with van der Waals surface area (Å²) in [5.74, 6) is -0.833. The Morgan fingerprint density at radius 2 is 1.80 bits per heavy atom. The van der Waals surface area contributed by atoms with Crippen molar-refractivity contribution in [2.45, 2.75) is 6.92 Å². The molecule has 0 aliphatic heterocycles. The summed E-state index contributed by atoms with van der Waals surface area (Å²) in [6.07, 6.45) is 0. The van der Waals surface area contributed by atoms with Gasteiger partial charge in [-0.25, -0.2) is 0 Å². The minimum atomic E-state index is -0.833. The molecule has 3 heteroatoms. The van der Waals surface area contributed by atoms with Gasteiger partial charge in [-0.05, 0) is 9.90 Å². The quantitative estimate of drug-likeness (QED) is 0.426. The van der Waals surface area contributed by atoms with Crippen molar-refractivity contribution in [1.29, 1.82) is 0 Å². The molecule has 1 unspecified atom stereocenters. The highest BCUT2D eigenvalue weighted by molar-refractivity contribution is 6.92. The van der Waals surface area contributed by atoms with E-state index < -0.39 is 5.97 Å². The second kappa shape index (κ2) is 3.90. The van der Waals surface area contributed by atoms with Gasteiger partial charge in [-0.2, -0.15) is 0 Å². The van der Waals surface area contributed by atoms with Crippen molar-refractivity contribution >= 4 is 15.9 Å². The van der Waals surface area contributed by atoms with Crippen LogP contribution in [-0.4, -0.2) is 11.1 Å². The highest BCUT2D eigenvalue weighted by Crippen LogP contribution is 1.42. The molecule has 0 bridgehead atoms. The highest BCUT2D eigenvalue weighted by Gasteiger charge is 1.65. The number of carboxylic acids is 1. The number of rotatable bonds is 0. The van der Waals surface area contributed by atoms with E-state index in [0.29, 0.717) is 0 Å². The molecule has 0 fully saturated rings. The Kier molecular flexibility index (Phi) is 6.91.